The summed E-state index contributed by atoms with van der Waals surface area (Å²) in [5, 5.41) is 13.3. The van der Waals surface area contributed by atoms with Crippen LogP contribution in [-0.2, 0) is 24.2 Å². The molecular formula is C22H28N4O. The third kappa shape index (κ3) is 4.57. The number of nitriles is 1. The van der Waals surface area contributed by atoms with Crippen LogP contribution in [-0.4, -0.2) is 33.2 Å². The van der Waals surface area contributed by atoms with Gasteiger partial charge in [-0.05, 0) is 50.7 Å². The highest BCUT2D eigenvalue weighted by Gasteiger charge is 2.28. The minimum Gasteiger partial charge on any atom is -0.339 e. The topological polar surface area (TPSA) is 61.9 Å². The molecular weight excluding hydrogens is 336 g/mol. The first kappa shape index (κ1) is 19.2. The number of carbonyl (C=O) groups is 1. The number of benzene rings is 1. The molecule has 1 saturated heterocycles. The van der Waals surface area contributed by atoms with Gasteiger partial charge in [-0.2, -0.15) is 10.4 Å². The van der Waals surface area contributed by atoms with Gasteiger partial charge >= 0.3 is 0 Å². The molecule has 1 aromatic carbocycles. The molecule has 1 aromatic heterocycles. The Morgan fingerprint density at radius 3 is 2.81 bits per heavy atom. The molecule has 2 aromatic rings. The van der Waals surface area contributed by atoms with Crippen molar-refractivity contribution in [1.29, 1.82) is 5.26 Å². The van der Waals surface area contributed by atoms with Crippen LogP contribution in [0.4, 0.5) is 0 Å². The van der Waals surface area contributed by atoms with Gasteiger partial charge in [0.2, 0.25) is 5.91 Å². The van der Waals surface area contributed by atoms with Gasteiger partial charge in [-0.25, -0.2) is 0 Å². The van der Waals surface area contributed by atoms with E-state index in [1.165, 1.54) is 5.56 Å². The number of carbonyl (C=O) groups excluding carboxylic acids is 1. The fourth-order valence-corrected chi connectivity index (χ4v) is 4.11. The molecule has 1 amide bonds. The van der Waals surface area contributed by atoms with Gasteiger partial charge in [0.05, 0.1) is 24.7 Å². The first-order chi connectivity index (χ1) is 13.1. The summed E-state index contributed by atoms with van der Waals surface area (Å²) in [6.45, 7) is 5.51. The summed E-state index contributed by atoms with van der Waals surface area (Å²) in [6, 6.07) is 12.9. The largest absolute Gasteiger partial charge is 0.339 e. The average Bonchev–Trinajstić information content (AvgIpc) is 3.23. The second-order valence-corrected chi connectivity index (χ2v) is 7.35. The van der Waals surface area contributed by atoms with Gasteiger partial charge < -0.3 is 4.90 Å². The molecule has 3 rings (SSSR count). The number of likely N-dealkylation sites (tertiary alicyclic amines) is 1. The molecule has 1 fully saturated rings. The normalized spacial score (nSPS) is 16.5. The second-order valence-electron chi connectivity index (χ2n) is 7.35. The Morgan fingerprint density at radius 2 is 2.07 bits per heavy atom. The molecule has 27 heavy (non-hydrogen) atoms. The third-order valence-electron chi connectivity index (χ3n) is 5.57. The van der Waals surface area contributed by atoms with Crippen LogP contribution in [0.3, 0.4) is 0 Å². The zero-order valence-electron chi connectivity index (χ0n) is 16.3. The molecule has 142 valence electrons. The lowest BCUT2D eigenvalue weighted by atomic mass is 10.0. The Balaban J connectivity index is 1.60. The van der Waals surface area contributed by atoms with Crippen molar-refractivity contribution >= 4 is 5.91 Å². The van der Waals surface area contributed by atoms with Crippen LogP contribution in [0.2, 0.25) is 0 Å². The van der Waals surface area contributed by atoms with E-state index in [2.05, 4.69) is 40.3 Å². The standard InChI is InChI=1S/C22H28N4O/c1-17-21(18(2)26(24-17)15-7-13-23)11-12-22(27)25-14-6-10-20(25)16-19-8-4-3-5-9-19/h3-5,8-9,20H,6-7,10-12,14-16H2,1-2H3. The second kappa shape index (κ2) is 8.85. The van der Waals surface area contributed by atoms with E-state index in [4.69, 9.17) is 5.26 Å². The number of hydrogen-bond donors (Lipinski definition) is 0. The first-order valence-corrected chi connectivity index (χ1v) is 9.83. The molecule has 1 unspecified atom stereocenters. The van der Waals surface area contributed by atoms with E-state index >= 15 is 0 Å². The monoisotopic (exact) mass is 364 g/mol. The summed E-state index contributed by atoms with van der Waals surface area (Å²) in [7, 11) is 0. The lowest BCUT2D eigenvalue weighted by molar-refractivity contribution is -0.131. The number of rotatable bonds is 7. The molecule has 5 nitrogen and oxygen atoms in total. The number of hydrogen-bond acceptors (Lipinski definition) is 3. The van der Waals surface area contributed by atoms with Gasteiger partial charge in [-0.1, -0.05) is 30.3 Å². The zero-order chi connectivity index (χ0) is 19.2. The van der Waals surface area contributed by atoms with Crippen molar-refractivity contribution in [3.05, 3.63) is 52.8 Å². The van der Waals surface area contributed by atoms with E-state index < -0.39 is 0 Å². The molecule has 0 spiro atoms. The highest BCUT2D eigenvalue weighted by atomic mass is 16.2. The van der Waals surface area contributed by atoms with Gasteiger partial charge in [-0.3, -0.25) is 9.48 Å². The molecule has 0 saturated carbocycles. The van der Waals surface area contributed by atoms with Crippen LogP contribution in [0, 0.1) is 25.2 Å². The quantitative estimate of drug-likeness (QED) is 0.754. The fourth-order valence-electron chi connectivity index (χ4n) is 4.11. The summed E-state index contributed by atoms with van der Waals surface area (Å²) in [6.07, 6.45) is 4.82. The highest BCUT2D eigenvalue weighted by molar-refractivity contribution is 5.77. The number of nitrogens with zero attached hydrogens (tertiary/aromatic N) is 4. The van der Waals surface area contributed by atoms with Crippen molar-refractivity contribution in [3.63, 3.8) is 0 Å². The molecule has 0 aliphatic carbocycles. The number of amides is 1. The Hall–Kier alpha value is -2.61. The van der Waals surface area contributed by atoms with Gasteiger partial charge in [0.25, 0.3) is 0 Å². The van der Waals surface area contributed by atoms with E-state index in [1.807, 2.05) is 24.6 Å². The van der Waals surface area contributed by atoms with E-state index in [0.717, 1.165) is 49.2 Å². The highest BCUT2D eigenvalue weighted by Crippen LogP contribution is 2.23. The average molecular weight is 364 g/mol. The lowest BCUT2D eigenvalue weighted by Gasteiger charge is -2.25. The maximum absolute atomic E-state index is 12.9. The molecule has 1 atom stereocenters. The Morgan fingerprint density at radius 1 is 1.30 bits per heavy atom. The van der Waals surface area contributed by atoms with Crippen LogP contribution in [0.15, 0.2) is 30.3 Å². The van der Waals surface area contributed by atoms with Crippen molar-refractivity contribution in [1.82, 2.24) is 14.7 Å². The van der Waals surface area contributed by atoms with Crippen LogP contribution in [0.1, 0.15) is 48.2 Å². The third-order valence-corrected chi connectivity index (χ3v) is 5.57. The van der Waals surface area contributed by atoms with Gasteiger partial charge in [0.15, 0.2) is 0 Å². The van der Waals surface area contributed by atoms with E-state index in [1.54, 1.807) is 0 Å². The van der Waals surface area contributed by atoms with Crippen molar-refractivity contribution < 1.29 is 4.79 Å². The van der Waals surface area contributed by atoms with E-state index in [9.17, 15) is 4.79 Å². The predicted octanol–water partition coefficient (Wildman–Crippen LogP) is 3.58. The Labute approximate surface area is 161 Å². The van der Waals surface area contributed by atoms with Crippen molar-refractivity contribution in [3.8, 4) is 6.07 Å². The molecule has 1 aliphatic heterocycles. The molecule has 2 heterocycles. The maximum atomic E-state index is 12.9. The van der Waals surface area contributed by atoms with Gasteiger partial charge in [0, 0.05) is 24.7 Å². The van der Waals surface area contributed by atoms with Gasteiger partial charge in [-0.15, -0.1) is 0 Å². The van der Waals surface area contributed by atoms with E-state index in [-0.39, 0.29) is 5.91 Å². The lowest BCUT2D eigenvalue weighted by Crippen LogP contribution is -2.37. The Kier molecular flexibility index (Phi) is 6.28. The van der Waals surface area contributed by atoms with Crippen molar-refractivity contribution in [2.24, 2.45) is 0 Å². The summed E-state index contributed by atoms with van der Waals surface area (Å²) >= 11 is 0. The summed E-state index contributed by atoms with van der Waals surface area (Å²) in [5.74, 6) is 0.247. The fraction of sp³-hybridized carbons (Fsp3) is 0.500. The maximum Gasteiger partial charge on any atom is 0.223 e. The van der Waals surface area contributed by atoms with Crippen molar-refractivity contribution in [2.75, 3.05) is 6.54 Å². The SMILES string of the molecule is Cc1nn(CCC#N)c(C)c1CCC(=O)N1CCCC1Cc1ccccc1. The van der Waals surface area contributed by atoms with Crippen molar-refractivity contribution in [2.45, 2.75) is 65.0 Å². The Bertz CT molecular complexity index is 819. The van der Waals surface area contributed by atoms with E-state index in [0.29, 0.717) is 25.4 Å². The molecule has 5 heteroatoms. The molecule has 0 radical (unpaired) electrons. The minimum atomic E-state index is 0.247. The number of aryl methyl sites for hydroxylation is 2. The molecule has 0 bridgehead atoms. The first-order valence-electron chi connectivity index (χ1n) is 9.83. The molecule has 0 N–H and O–H groups in total. The van der Waals surface area contributed by atoms with Crippen LogP contribution < -0.4 is 0 Å². The van der Waals surface area contributed by atoms with Crippen LogP contribution >= 0.6 is 0 Å². The number of aromatic nitrogens is 2. The summed E-state index contributed by atoms with van der Waals surface area (Å²) in [5.41, 5.74) is 4.51. The minimum absolute atomic E-state index is 0.247. The smallest absolute Gasteiger partial charge is 0.223 e. The van der Waals surface area contributed by atoms with Gasteiger partial charge in [0.1, 0.15) is 0 Å². The summed E-state index contributed by atoms with van der Waals surface area (Å²) < 4.78 is 1.90. The molecule has 1 aliphatic rings. The zero-order valence-corrected chi connectivity index (χ0v) is 16.3. The summed E-state index contributed by atoms with van der Waals surface area (Å²) in [4.78, 5) is 15.0. The predicted molar refractivity (Wildman–Crippen MR) is 105 cm³/mol. The van der Waals surface area contributed by atoms with Crippen LogP contribution in [0.25, 0.3) is 0 Å². The van der Waals surface area contributed by atoms with Crippen LogP contribution in [0.5, 0.6) is 0 Å².